The first-order chi connectivity index (χ1) is 5.29. The summed E-state index contributed by atoms with van der Waals surface area (Å²) < 4.78 is 0. The Morgan fingerprint density at radius 3 is 3.00 bits per heavy atom. The first-order valence-corrected chi connectivity index (χ1v) is 4.99. The quantitative estimate of drug-likeness (QED) is 0.729. The molecule has 1 fully saturated rings. The van der Waals surface area contributed by atoms with Crippen LogP contribution in [0.1, 0.15) is 25.3 Å². The summed E-state index contributed by atoms with van der Waals surface area (Å²) in [6.07, 6.45) is 2.69. The number of nitrogens with one attached hydrogen (secondary N) is 1. The molecule has 2 heteroatoms. The summed E-state index contributed by atoms with van der Waals surface area (Å²) in [6, 6.07) is 2.18. The second-order valence-electron chi connectivity index (χ2n) is 3.55. The first-order valence-electron chi connectivity index (χ1n) is 4.05. The predicted molar refractivity (Wildman–Crippen MR) is 48.8 cm³/mol. The number of hydrogen-bond donors (Lipinski definition) is 1. The second-order valence-corrected chi connectivity index (χ2v) is 4.33. The van der Waals surface area contributed by atoms with Crippen LogP contribution in [0.2, 0.25) is 0 Å². The largest absolute Gasteiger partial charge is 0.307 e. The Bertz CT molecular complexity index is 224. The number of hydrogen-bond acceptors (Lipinski definition) is 2. The maximum atomic E-state index is 3.54. The molecule has 1 aromatic rings. The summed E-state index contributed by atoms with van der Waals surface area (Å²) in [5, 5.41) is 7.88. The van der Waals surface area contributed by atoms with E-state index in [0.717, 1.165) is 6.54 Å². The summed E-state index contributed by atoms with van der Waals surface area (Å²) in [7, 11) is 0. The molecule has 11 heavy (non-hydrogen) atoms. The third-order valence-electron chi connectivity index (χ3n) is 2.30. The van der Waals surface area contributed by atoms with Gasteiger partial charge in [0.2, 0.25) is 0 Å². The molecule has 0 atom stereocenters. The highest BCUT2D eigenvalue weighted by Gasteiger charge is 2.36. The van der Waals surface area contributed by atoms with Gasteiger partial charge in [0.1, 0.15) is 0 Å². The third kappa shape index (κ3) is 1.82. The van der Waals surface area contributed by atoms with Gasteiger partial charge in [-0.1, -0.05) is 0 Å². The van der Waals surface area contributed by atoms with Crippen LogP contribution in [-0.2, 0) is 6.54 Å². The van der Waals surface area contributed by atoms with Gasteiger partial charge in [-0.25, -0.2) is 0 Å². The van der Waals surface area contributed by atoms with Crippen molar-refractivity contribution in [1.29, 1.82) is 0 Å². The van der Waals surface area contributed by atoms with E-state index in [1.807, 2.05) is 0 Å². The van der Waals surface area contributed by atoms with Crippen LogP contribution in [0.5, 0.6) is 0 Å². The fraction of sp³-hybridized carbons (Fsp3) is 0.556. The lowest BCUT2D eigenvalue weighted by molar-refractivity contribution is 0.538. The zero-order valence-corrected chi connectivity index (χ0v) is 7.58. The molecule has 1 saturated carbocycles. The van der Waals surface area contributed by atoms with E-state index in [9.17, 15) is 0 Å². The van der Waals surface area contributed by atoms with E-state index in [-0.39, 0.29) is 0 Å². The van der Waals surface area contributed by atoms with Gasteiger partial charge in [0.25, 0.3) is 0 Å². The number of rotatable bonds is 3. The van der Waals surface area contributed by atoms with Gasteiger partial charge in [0, 0.05) is 12.1 Å². The smallest absolute Gasteiger partial charge is 0.0218 e. The molecular weight excluding hydrogens is 154 g/mol. The van der Waals surface area contributed by atoms with Crippen LogP contribution in [0.4, 0.5) is 0 Å². The molecule has 0 saturated heterocycles. The van der Waals surface area contributed by atoms with Crippen LogP contribution in [0.3, 0.4) is 0 Å². The molecule has 0 aromatic carbocycles. The summed E-state index contributed by atoms with van der Waals surface area (Å²) in [5.41, 5.74) is 1.89. The molecule has 0 radical (unpaired) electrons. The van der Waals surface area contributed by atoms with E-state index >= 15 is 0 Å². The lowest BCUT2D eigenvalue weighted by atomic mass is 10.3. The Balaban J connectivity index is 1.83. The van der Waals surface area contributed by atoms with E-state index in [2.05, 4.69) is 29.1 Å². The molecule has 0 aliphatic heterocycles. The maximum absolute atomic E-state index is 3.54. The standard InChI is InChI=1S/C9H13NS/c1-9(3-4-9)10-6-8-2-5-11-7-8/h2,5,7,10H,3-4,6H2,1H3. The zero-order valence-electron chi connectivity index (χ0n) is 6.76. The van der Waals surface area contributed by atoms with Gasteiger partial charge in [-0.05, 0) is 42.2 Å². The SMILES string of the molecule is CC1(NCc2ccsc2)CC1. The van der Waals surface area contributed by atoms with Crippen LogP contribution in [0.15, 0.2) is 16.8 Å². The van der Waals surface area contributed by atoms with Crippen LogP contribution in [0.25, 0.3) is 0 Å². The average molecular weight is 167 g/mol. The molecule has 1 N–H and O–H groups in total. The summed E-state index contributed by atoms with van der Waals surface area (Å²) in [6.45, 7) is 3.33. The lowest BCUT2D eigenvalue weighted by Crippen LogP contribution is -2.26. The minimum absolute atomic E-state index is 0.474. The van der Waals surface area contributed by atoms with Crippen molar-refractivity contribution in [1.82, 2.24) is 5.32 Å². The Labute approximate surface area is 71.4 Å². The molecule has 2 rings (SSSR count). The third-order valence-corrected chi connectivity index (χ3v) is 3.03. The molecule has 1 aliphatic carbocycles. The fourth-order valence-corrected chi connectivity index (χ4v) is 1.74. The van der Waals surface area contributed by atoms with Gasteiger partial charge in [-0.15, -0.1) is 0 Å². The Kier molecular flexibility index (Phi) is 1.74. The zero-order chi connectivity index (χ0) is 7.73. The van der Waals surface area contributed by atoms with Crippen molar-refractivity contribution < 1.29 is 0 Å². The highest BCUT2D eigenvalue weighted by molar-refractivity contribution is 7.07. The van der Waals surface area contributed by atoms with Crippen molar-refractivity contribution >= 4 is 11.3 Å². The van der Waals surface area contributed by atoms with Crippen molar-refractivity contribution in [3.05, 3.63) is 22.4 Å². The first kappa shape index (κ1) is 7.32. The molecule has 1 aliphatic rings. The van der Waals surface area contributed by atoms with Gasteiger partial charge in [-0.3, -0.25) is 0 Å². The lowest BCUT2D eigenvalue weighted by Gasteiger charge is -2.09. The van der Waals surface area contributed by atoms with Gasteiger partial charge in [0.05, 0.1) is 0 Å². The van der Waals surface area contributed by atoms with E-state index in [4.69, 9.17) is 0 Å². The minimum atomic E-state index is 0.474. The normalized spacial score (nSPS) is 20.1. The van der Waals surface area contributed by atoms with Crippen molar-refractivity contribution in [2.75, 3.05) is 0 Å². The van der Waals surface area contributed by atoms with Crippen molar-refractivity contribution in [2.45, 2.75) is 31.8 Å². The highest BCUT2D eigenvalue weighted by atomic mass is 32.1. The van der Waals surface area contributed by atoms with Gasteiger partial charge in [-0.2, -0.15) is 11.3 Å². The highest BCUT2D eigenvalue weighted by Crippen LogP contribution is 2.34. The van der Waals surface area contributed by atoms with Crippen LogP contribution < -0.4 is 5.32 Å². The van der Waals surface area contributed by atoms with E-state index in [1.54, 1.807) is 11.3 Å². The molecule has 1 heterocycles. The molecule has 1 nitrogen and oxygen atoms in total. The van der Waals surface area contributed by atoms with Gasteiger partial charge < -0.3 is 5.32 Å². The maximum Gasteiger partial charge on any atom is 0.0218 e. The molecule has 0 bridgehead atoms. The summed E-state index contributed by atoms with van der Waals surface area (Å²) in [5.74, 6) is 0. The minimum Gasteiger partial charge on any atom is -0.307 e. The molecule has 0 unspecified atom stereocenters. The fourth-order valence-electron chi connectivity index (χ4n) is 1.07. The van der Waals surface area contributed by atoms with E-state index in [1.165, 1.54) is 18.4 Å². The molecule has 1 aromatic heterocycles. The second kappa shape index (κ2) is 2.61. The summed E-state index contributed by atoms with van der Waals surface area (Å²) >= 11 is 1.77. The summed E-state index contributed by atoms with van der Waals surface area (Å²) in [4.78, 5) is 0. The van der Waals surface area contributed by atoms with Gasteiger partial charge in [0.15, 0.2) is 0 Å². The predicted octanol–water partition coefficient (Wildman–Crippen LogP) is 2.39. The average Bonchev–Trinajstić information content (AvgIpc) is 2.53. The molecule has 0 spiro atoms. The Morgan fingerprint density at radius 1 is 1.64 bits per heavy atom. The van der Waals surface area contributed by atoms with Crippen molar-refractivity contribution in [3.63, 3.8) is 0 Å². The topological polar surface area (TPSA) is 12.0 Å². The Hall–Kier alpha value is -0.340. The molecule has 60 valence electrons. The van der Waals surface area contributed by atoms with Crippen molar-refractivity contribution in [3.8, 4) is 0 Å². The van der Waals surface area contributed by atoms with Crippen LogP contribution in [-0.4, -0.2) is 5.54 Å². The monoisotopic (exact) mass is 167 g/mol. The van der Waals surface area contributed by atoms with Crippen molar-refractivity contribution in [2.24, 2.45) is 0 Å². The van der Waals surface area contributed by atoms with E-state index < -0.39 is 0 Å². The van der Waals surface area contributed by atoms with Crippen LogP contribution >= 0.6 is 11.3 Å². The van der Waals surface area contributed by atoms with Crippen LogP contribution in [0, 0.1) is 0 Å². The molecular formula is C9H13NS. The van der Waals surface area contributed by atoms with Gasteiger partial charge >= 0.3 is 0 Å². The number of thiophene rings is 1. The molecule has 0 amide bonds. The van der Waals surface area contributed by atoms with E-state index in [0.29, 0.717) is 5.54 Å². The Morgan fingerprint density at radius 2 is 2.45 bits per heavy atom.